The molecule has 0 aliphatic carbocycles. The van der Waals surface area contributed by atoms with E-state index in [0.717, 1.165) is 37.1 Å². The number of benzene rings is 2. The fraction of sp³-hybridized carbons (Fsp3) is 0.368. The van der Waals surface area contributed by atoms with Gasteiger partial charge in [0.1, 0.15) is 0 Å². The number of likely N-dealkylation sites (N-methyl/N-ethyl adjacent to an activating group) is 2. The van der Waals surface area contributed by atoms with Gasteiger partial charge < -0.3 is 9.80 Å². The van der Waals surface area contributed by atoms with E-state index in [2.05, 4.69) is 23.9 Å². The predicted octanol–water partition coefficient (Wildman–Crippen LogP) is 3.04. The molecule has 0 saturated heterocycles. The summed E-state index contributed by atoms with van der Waals surface area (Å²) in [7, 11) is 4.13. The molecule has 124 valence electrons. The minimum Gasteiger partial charge on any atom is -0.374 e. The second-order valence-corrected chi connectivity index (χ2v) is 6.81. The Morgan fingerprint density at radius 3 is 1.79 bits per heavy atom. The van der Waals surface area contributed by atoms with Gasteiger partial charge in [0.2, 0.25) is 0 Å². The van der Waals surface area contributed by atoms with E-state index in [1.165, 1.54) is 22.5 Å². The van der Waals surface area contributed by atoms with Gasteiger partial charge in [0.25, 0.3) is 6.04 Å². The minimum absolute atomic E-state index is 0.166. The Bertz CT molecular complexity index is 757. The summed E-state index contributed by atoms with van der Waals surface area (Å²) in [5, 5.41) is 11.8. The molecular formula is C19H21N3O2. The normalized spacial score (nSPS) is 15.8. The van der Waals surface area contributed by atoms with E-state index in [0.29, 0.717) is 0 Å². The molecule has 0 bridgehead atoms. The van der Waals surface area contributed by atoms with Gasteiger partial charge in [-0.2, -0.15) is 0 Å². The lowest BCUT2D eigenvalue weighted by Gasteiger charge is -2.16. The van der Waals surface area contributed by atoms with E-state index in [1.54, 1.807) is 0 Å². The number of nitrogens with zero attached hydrogens (tertiary/aromatic N) is 3. The fourth-order valence-electron chi connectivity index (χ4n) is 3.95. The van der Waals surface area contributed by atoms with Gasteiger partial charge in [0.05, 0.1) is 0 Å². The smallest absolute Gasteiger partial charge is 0.263 e. The van der Waals surface area contributed by atoms with Gasteiger partial charge in [-0.05, 0) is 60.4 Å². The number of nitro groups is 1. The number of rotatable bonds is 3. The molecule has 2 aromatic rings. The van der Waals surface area contributed by atoms with Crippen LogP contribution in [-0.4, -0.2) is 32.1 Å². The molecule has 4 rings (SSSR count). The molecule has 0 aromatic heterocycles. The van der Waals surface area contributed by atoms with Crippen molar-refractivity contribution in [1.82, 2.24) is 0 Å². The SMILES string of the molecule is CN1CCc2cc(C(c3ccc4c(c3)CCN4C)[N+](=O)[O-])ccc21. The van der Waals surface area contributed by atoms with Crippen molar-refractivity contribution in [2.45, 2.75) is 18.9 Å². The van der Waals surface area contributed by atoms with E-state index >= 15 is 0 Å². The molecule has 2 aromatic carbocycles. The summed E-state index contributed by atoms with van der Waals surface area (Å²) < 4.78 is 0. The summed E-state index contributed by atoms with van der Waals surface area (Å²) in [6.07, 6.45) is 1.91. The maximum Gasteiger partial charge on any atom is 0.263 e. The van der Waals surface area contributed by atoms with Gasteiger partial charge in [-0.3, -0.25) is 10.1 Å². The van der Waals surface area contributed by atoms with Crippen molar-refractivity contribution >= 4 is 11.4 Å². The molecule has 5 nitrogen and oxygen atoms in total. The topological polar surface area (TPSA) is 49.6 Å². The average Bonchev–Trinajstić information content (AvgIpc) is 3.11. The van der Waals surface area contributed by atoms with Crippen LogP contribution < -0.4 is 9.80 Å². The van der Waals surface area contributed by atoms with Crippen LogP contribution in [0.4, 0.5) is 11.4 Å². The summed E-state index contributed by atoms with van der Waals surface area (Å²) in [5.74, 6) is 0. The van der Waals surface area contributed by atoms with Crippen molar-refractivity contribution in [2.24, 2.45) is 0 Å². The Labute approximate surface area is 141 Å². The third-order valence-corrected chi connectivity index (χ3v) is 5.30. The highest BCUT2D eigenvalue weighted by Crippen LogP contribution is 2.35. The molecule has 2 aliphatic rings. The van der Waals surface area contributed by atoms with Crippen LogP contribution in [0.1, 0.15) is 28.3 Å². The molecule has 0 fully saturated rings. The van der Waals surface area contributed by atoms with E-state index in [9.17, 15) is 10.1 Å². The van der Waals surface area contributed by atoms with E-state index in [4.69, 9.17) is 0 Å². The van der Waals surface area contributed by atoms with Crippen molar-refractivity contribution in [3.63, 3.8) is 0 Å². The lowest BCUT2D eigenvalue weighted by molar-refractivity contribution is -0.517. The molecule has 0 radical (unpaired) electrons. The third-order valence-electron chi connectivity index (χ3n) is 5.30. The van der Waals surface area contributed by atoms with Crippen LogP contribution in [0.25, 0.3) is 0 Å². The number of anilines is 2. The molecule has 0 N–H and O–H groups in total. The Balaban J connectivity index is 1.75. The molecule has 2 aliphatic heterocycles. The zero-order valence-corrected chi connectivity index (χ0v) is 14.0. The summed E-state index contributed by atoms with van der Waals surface area (Å²) in [6, 6.07) is 11.1. The van der Waals surface area contributed by atoms with Gasteiger partial charge in [-0.15, -0.1) is 0 Å². The number of hydrogen-bond acceptors (Lipinski definition) is 4. The Kier molecular flexibility index (Phi) is 3.44. The first-order valence-electron chi connectivity index (χ1n) is 8.36. The Morgan fingerprint density at radius 1 is 0.917 bits per heavy atom. The van der Waals surface area contributed by atoms with Crippen molar-refractivity contribution < 1.29 is 4.92 Å². The van der Waals surface area contributed by atoms with E-state index in [-0.39, 0.29) is 4.92 Å². The average molecular weight is 323 g/mol. The van der Waals surface area contributed by atoms with Crippen LogP contribution in [-0.2, 0) is 12.8 Å². The predicted molar refractivity (Wildman–Crippen MR) is 95.7 cm³/mol. The van der Waals surface area contributed by atoms with Crippen LogP contribution in [0.3, 0.4) is 0 Å². The van der Waals surface area contributed by atoms with Gasteiger partial charge in [0, 0.05) is 54.6 Å². The number of hydrogen-bond donors (Lipinski definition) is 0. The molecule has 0 spiro atoms. The summed E-state index contributed by atoms with van der Waals surface area (Å²) in [4.78, 5) is 16.0. The first-order chi connectivity index (χ1) is 11.5. The monoisotopic (exact) mass is 323 g/mol. The molecule has 0 unspecified atom stereocenters. The summed E-state index contributed by atoms with van der Waals surface area (Å²) >= 11 is 0. The van der Waals surface area contributed by atoms with Crippen molar-refractivity contribution in [1.29, 1.82) is 0 Å². The van der Waals surface area contributed by atoms with Gasteiger partial charge in [-0.25, -0.2) is 0 Å². The Hall–Kier alpha value is -2.56. The standard InChI is InChI=1S/C19H21N3O2/c1-20-9-7-13-11-15(3-5-17(13)20)19(22(23)24)16-4-6-18-14(12-16)8-10-21(18)2/h3-6,11-12,19H,7-10H2,1-2H3. The van der Waals surface area contributed by atoms with E-state index < -0.39 is 6.04 Å². The molecule has 0 amide bonds. The maximum atomic E-state index is 11.8. The molecule has 24 heavy (non-hydrogen) atoms. The van der Waals surface area contributed by atoms with Gasteiger partial charge in [0.15, 0.2) is 0 Å². The minimum atomic E-state index is -0.794. The molecule has 5 heteroatoms. The van der Waals surface area contributed by atoms with Crippen LogP contribution in [0.15, 0.2) is 36.4 Å². The fourth-order valence-corrected chi connectivity index (χ4v) is 3.95. The first-order valence-corrected chi connectivity index (χ1v) is 8.36. The summed E-state index contributed by atoms with van der Waals surface area (Å²) in [5.41, 5.74) is 6.36. The molecule has 0 saturated carbocycles. The van der Waals surface area contributed by atoms with E-state index in [1.807, 2.05) is 36.4 Å². The zero-order valence-electron chi connectivity index (χ0n) is 14.0. The zero-order chi connectivity index (χ0) is 16.8. The quantitative estimate of drug-likeness (QED) is 0.643. The van der Waals surface area contributed by atoms with Crippen LogP contribution >= 0.6 is 0 Å². The molecule has 2 heterocycles. The van der Waals surface area contributed by atoms with Crippen molar-refractivity contribution in [3.8, 4) is 0 Å². The second kappa shape index (κ2) is 5.51. The first kappa shape index (κ1) is 15.0. The number of fused-ring (bicyclic) bond motifs is 2. The van der Waals surface area contributed by atoms with Crippen LogP contribution in [0.2, 0.25) is 0 Å². The highest BCUT2D eigenvalue weighted by Gasteiger charge is 2.29. The largest absolute Gasteiger partial charge is 0.374 e. The van der Waals surface area contributed by atoms with Crippen LogP contribution in [0, 0.1) is 10.1 Å². The Morgan fingerprint density at radius 2 is 1.38 bits per heavy atom. The summed E-state index contributed by atoms with van der Waals surface area (Å²) in [6.45, 7) is 1.96. The lowest BCUT2D eigenvalue weighted by Crippen LogP contribution is -2.14. The maximum absolute atomic E-state index is 11.8. The molecular weight excluding hydrogens is 302 g/mol. The molecule has 0 atom stereocenters. The van der Waals surface area contributed by atoms with Gasteiger partial charge >= 0.3 is 0 Å². The van der Waals surface area contributed by atoms with Gasteiger partial charge in [-0.1, -0.05) is 0 Å². The van der Waals surface area contributed by atoms with Crippen molar-refractivity contribution in [3.05, 3.63) is 68.8 Å². The second-order valence-electron chi connectivity index (χ2n) is 6.81. The van der Waals surface area contributed by atoms with Crippen molar-refractivity contribution in [2.75, 3.05) is 37.0 Å². The lowest BCUT2D eigenvalue weighted by atomic mass is 9.95. The highest BCUT2D eigenvalue weighted by atomic mass is 16.6. The van der Waals surface area contributed by atoms with Crippen LogP contribution in [0.5, 0.6) is 0 Å². The third kappa shape index (κ3) is 2.31. The highest BCUT2D eigenvalue weighted by molar-refractivity contribution is 5.61.